The minimum Gasteiger partial charge on any atom is -0.726 e. The molecule has 0 spiro atoms. The van der Waals surface area contributed by atoms with E-state index in [9.17, 15) is 0 Å². The number of unbranched alkanes of at least 4 members (excludes halogenated alkanes) is 2. The van der Waals surface area contributed by atoms with Crippen LogP contribution >= 0.6 is 0 Å². The van der Waals surface area contributed by atoms with Gasteiger partial charge in [-0.05, 0) is 39.0 Å². The second-order valence-corrected chi connectivity index (χ2v) is 8.86. The highest BCUT2D eigenvalue weighted by atomic mass is 32.3. The lowest BCUT2D eigenvalue weighted by molar-refractivity contribution is -0.933. The third-order valence-corrected chi connectivity index (χ3v) is 5.75. The van der Waals surface area contributed by atoms with Crippen molar-refractivity contribution in [3.8, 4) is 0 Å². The maximum atomic E-state index is 8.63. The van der Waals surface area contributed by atoms with Crippen LogP contribution in [-0.4, -0.2) is 48.2 Å². The van der Waals surface area contributed by atoms with Crippen LogP contribution in [0.3, 0.4) is 0 Å². The highest BCUT2D eigenvalue weighted by molar-refractivity contribution is 7.79. The molecule has 166 valence electrons. The van der Waals surface area contributed by atoms with Crippen molar-refractivity contribution in [1.29, 1.82) is 0 Å². The second kappa shape index (κ2) is 16.8. The highest BCUT2D eigenvalue weighted by Gasteiger charge is 2.30. The Labute approximate surface area is 170 Å². The molecule has 2 unspecified atom stereocenters. The van der Waals surface area contributed by atoms with Crippen LogP contribution in [0.4, 0.5) is 0 Å². The van der Waals surface area contributed by atoms with Crippen molar-refractivity contribution in [2.75, 3.05) is 26.2 Å². The van der Waals surface area contributed by atoms with E-state index in [1.54, 1.807) is 0 Å². The number of quaternary nitrogens is 1. The topological polar surface area (TPSA) is 77.4 Å². The lowest BCUT2D eigenvalue weighted by Gasteiger charge is -2.42. The van der Waals surface area contributed by atoms with Crippen molar-refractivity contribution >= 4 is 10.4 Å². The van der Waals surface area contributed by atoms with Gasteiger partial charge in [0.05, 0.1) is 26.2 Å². The molecule has 0 aliphatic heterocycles. The zero-order chi connectivity index (χ0) is 21.3. The van der Waals surface area contributed by atoms with Gasteiger partial charge in [0, 0.05) is 11.8 Å². The number of hydrogen-bond donors (Lipinski definition) is 1. The number of nitrogens with zero attached hydrogens (tertiary/aromatic N) is 1. The molecular formula is C21H47NO4S. The molecule has 0 amide bonds. The lowest BCUT2D eigenvalue weighted by atomic mass is 9.93. The Morgan fingerprint density at radius 1 is 0.815 bits per heavy atom. The Kier molecular flexibility index (Phi) is 18.0. The van der Waals surface area contributed by atoms with Gasteiger partial charge in [-0.3, -0.25) is 4.55 Å². The largest absolute Gasteiger partial charge is 0.726 e. The van der Waals surface area contributed by atoms with E-state index < -0.39 is 10.4 Å². The van der Waals surface area contributed by atoms with E-state index in [0.717, 1.165) is 11.8 Å². The van der Waals surface area contributed by atoms with E-state index in [2.05, 4.69) is 41.5 Å². The maximum absolute atomic E-state index is 8.63. The van der Waals surface area contributed by atoms with Gasteiger partial charge in [0.15, 0.2) is 0 Å². The molecule has 6 heteroatoms. The molecule has 0 aliphatic rings. The fraction of sp³-hybridized carbons (Fsp3) is 1.00. The summed E-state index contributed by atoms with van der Waals surface area (Å²) in [6.45, 7) is 19.9. The van der Waals surface area contributed by atoms with Crippen molar-refractivity contribution in [3.05, 3.63) is 0 Å². The van der Waals surface area contributed by atoms with Gasteiger partial charge in [-0.1, -0.05) is 60.3 Å². The first-order valence-corrected chi connectivity index (χ1v) is 12.5. The zero-order valence-corrected chi connectivity index (χ0v) is 19.7. The minimum atomic E-state index is -4.92. The van der Waals surface area contributed by atoms with Gasteiger partial charge in [-0.2, -0.15) is 0 Å². The Bertz CT molecular complexity index is 400. The van der Waals surface area contributed by atoms with E-state index in [1.807, 2.05) is 0 Å². The molecule has 0 saturated heterocycles. The predicted octanol–water partition coefficient (Wildman–Crippen LogP) is 5.67. The molecule has 0 aromatic heterocycles. The fourth-order valence-electron chi connectivity index (χ4n) is 4.08. The standard InChI is InChI=1S/C21H46N.H2O4S/c1-7-13-15-20(10-4)18-22(12-6,17-9-3)19-21(11-5)16-14-8-2;1-5(2,3)4/h20-21H,7-19H2,1-6H3;(H2,1,2,3,4)/q+1;/p-1. The highest BCUT2D eigenvalue weighted by Crippen LogP contribution is 2.25. The summed E-state index contributed by atoms with van der Waals surface area (Å²) in [5.41, 5.74) is 0. The van der Waals surface area contributed by atoms with Crippen molar-refractivity contribution in [1.82, 2.24) is 0 Å². The predicted molar refractivity (Wildman–Crippen MR) is 115 cm³/mol. The first-order chi connectivity index (χ1) is 12.6. The smallest absolute Gasteiger partial charge is 0.215 e. The Morgan fingerprint density at radius 3 is 1.41 bits per heavy atom. The Hall–Kier alpha value is -0.170. The maximum Gasteiger partial charge on any atom is 0.215 e. The van der Waals surface area contributed by atoms with Crippen molar-refractivity contribution in [3.63, 3.8) is 0 Å². The molecule has 0 heterocycles. The summed E-state index contributed by atoms with van der Waals surface area (Å²) in [4.78, 5) is 0. The molecule has 1 N–H and O–H groups in total. The van der Waals surface area contributed by atoms with Gasteiger partial charge in [0.2, 0.25) is 10.4 Å². The second-order valence-electron chi connectivity index (χ2n) is 8.01. The summed E-state index contributed by atoms with van der Waals surface area (Å²) < 4.78 is 34.2. The lowest BCUT2D eigenvalue weighted by Crippen LogP contribution is -2.53. The molecule has 2 atom stereocenters. The summed E-state index contributed by atoms with van der Waals surface area (Å²) in [5, 5.41) is 0. The van der Waals surface area contributed by atoms with Gasteiger partial charge in [0.1, 0.15) is 0 Å². The quantitative estimate of drug-likeness (QED) is 0.215. The van der Waals surface area contributed by atoms with Crippen molar-refractivity contribution < 1.29 is 22.0 Å². The number of rotatable bonds is 15. The third kappa shape index (κ3) is 17.6. The van der Waals surface area contributed by atoms with E-state index in [4.69, 9.17) is 17.5 Å². The van der Waals surface area contributed by atoms with Gasteiger partial charge in [0.25, 0.3) is 0 Å². The molecular weight excluding hydrogens is 362 g/mol. The van der Waals surface area contributed by atoms with Gasteiger partial charge >= 0.3 is 0 Å². The van der Waals surface area contributed by atoms with Crippen LogP contribution in [0.1, 0.15) is 99.3 Å². The zero-order valence-electron chi connectivity index (χ0n) is 18.9. The fourth-order valence-corrected chi connectivity index (χ4v) is 4.08. The van der Waals surface area contributed by atoms with Crippen molar-refractivity contribution in [2.45, 2.75) is 99.3 Å². The molecule has 0 bridgehead atoms. The number of hydrogen-bond acceptors (Lipinski definition) is 3. The van der Waals surface area contributed by atoms with Crippen LogP contribution in [0, 0.1) is 11.8 Å². The van der Waals surface area contributed by atoms with Crippen molar-refractivity contribution in [2.24, 2.45) is 11.8 Å². The molecule has 0 radical (unpaired) electrons. The summed E-state index contributed by atoms with van der Waals surface area (Å²) in [6.07, 6.45) is 12.5. The molecule has 0 aromatic carbocycles. The molecule has 0 aliphatic carbocycles. The van der Waals surface area contributed by atoms with Crippen LogP contribution in [0.2, 0.25) is 0 Å². The molecule has 5 nitrogen and oxygen atoms in total. The summed E-state index contributed by atoms with van der Waals surface area (Å²) in [6, 6.07) is 0. The van der Waals surface area contributed by atoms with E-state index in [1.165, 1.54) is 88.4 Å². The van der Waals surface area contributed by atoms with Gasteiger partial charge in [-0.15, -0.1) is 0 Å². The SMILES string of the molecule is CCCCC(CC)C[N+](CC)(CCC)CC(CC)CCCC.O=S(=O)([O-])O. The molecule has 27 heavy (non-hydrogen) atoms. The van der Waals surface area contributed by atoms with Crippen LogP contribution in [0.5, 0.6) is 0 Å². The first kappa shape index (κ1) is 29.0. The van der Waals surface area contributed by atoms with E-state index in [0.29, 0.717) is 0 Å². The van der Waals surface area contributed by atoms with Gasteiger partial charge in [-0.25, -0.2) is 8.42 Å². The van der Waals surface area contributed by atoms with E-state index >= 15 is 0 Å². The Morgan fingerprint density at radius 2 is 1.19 bits per heavy atom. The van der Waals surface area contributed by atoms with Crippen LogP contribution in [0.25, 0.3) is 0 Å². The molecule has 0 fully saturated rings. The van der Waals surface area contributed by atoms with Crippen LogP contribution in [0.15, 0.2) is 0 Å². The summed E-state index contributed by atoms with van der Waals surface area (Å²) >= 11 is 0. The molecule has 0 rings (SSSR count). The van der Waals surface area contributed by atoms with Gasteiger partial charge < -0.3 is 9.04 Å². The summed E-state index contributed by atoms with van der Waals surface area (Å²) in [5.74, 6) is 1.88. The average Bonchev–Trinajstić information content (AvgIpc) is 2.60. The molecule has 0 saturated carbocycles. The van der Waals surface area contributed by atoms with Crippen LogP contribution in [-0.2, 0) is 10.4 Å². The monoisotopic (exact) mass is 409 g/mol. The third-order valence-electron chi connectivity index (χ3n) is 5.75. The minimum absolute atomic E-state index is 0.940. The molecule has 0 aromatic rings. The van der Waals surface area contributed by atoms with Crippen LogP contribution < -0.4 is 0 Å². The normalized spacial score (nSPS) is 16.1. The van der Waals surface area contributed by atoms with E-state index in [-0.39, 0.29) is 0 Å². The summed E-state index contributed by atoms with van der Waals surface area (Å²) in [7, 11) is -4.92. The Balaban J connectivity index is 0. The average molecular weight is 410 g/mol. The first-order valence-electron chi connectivity index (χ1n) is 11.1.